The summed E-state index contributed by atoms with van der Waals surface area (Å²) in [6.07, 6.45) is -1.39. The van der Waals surface area contributed by atoms with E-state index < -0.39 is 12.4 Å². The van der Waals surface area contributed by atoms with E-state index in [0.29, 0.717) is 9.13 Å². The van der Waals surface area contributed by atoms with Gasteiger partial charge in [-0.15, -0.1) is 0 Å². The van der Waals surface area contributed by atoms with Gasteiger partial charge in [0.15, 0.2) is 0 Å². The van der Waals surface area contributed by atoms with E-state index in [-0.39, 0.29) is 17.7 Å². The summed E-state index contributed by atoms with van der Waals surface area (Å²) in [6.45, 7) is 1.59. The molecule has 0 aromatic carbocycles. The number of alkyl halides is 2. The number of nitrogens with zero attached hydrogens (tertiary/aromatic N) is 1. The first kappa shape index (κ1) is 13.3. The molecule has 1 heterocycles. The Morgan fingerprint density at radius 2 is 2.25 bits per heavy atom. The molecule has 0 aliphatic carbocycles. The lowest BCUT2D eigenvalue weighted by molar-refractivity contribution is -0.139. The minimum atomic E-state index is -2.64. The van der Waals surface area contributed by atoms with Crippen LogP contribution in [-0.4, -0.2) is 18.1 Å². The molecule has 1 aromatic rings. The fraction of sp³-hybridized carbons (Fsp3) is 0.400. The SMILES string of the molecule is COC(=O)Cc1ncc(I)c(C)c1C(F)F. The Balaban J connectivity index is 3.18. The third kappa shape index (κ3) is 2.87. The molecule has 0 aliphatic rings. The highest BCUT2D eigenvalue weighted by molar-refractivity contribution is 14.1. The molecule has 0 saturated carbocycles. The van der Waals surface area contributed by atoms with Crippen molar-refractivity contribution in [3.63, 3.8) is 0 Å². The van der Waals surface area contributed by atoms with Crippen LogP contribution in [0.2, 0.25) is 0 Å². The molecule has 0 saturated heterocycles. The van der Waals surface area contributed by atoms with Crippen LogP contribution in [0.4, 0.5) is 8.78 Å². The summed E-state index contributed by atoms with van der Waals surface area (Å²) in [5.74, 6) is -0.574. The molecule has 1 aromatic heterocycles. The molecule has 0 radical (unpaired) electrons. The molecule has 0 unspecified atom stereocenters. The topological polar surface area (TPSA) is 39.2 Å². The molecular formula is C10H10F2INO2. The molecule has 88 valence electrons. The zero-order valence-electron chi connectivity index (χ0n) is 8.76. The molecule has 0 amide bonds. The summed E-state index contributed by atoms with van der Waals surface area (Å²) in [7, 11) is 1.21. The van der Waals surface area contributed by atoms with Crippen LogP contribution in [-0.2, 0) is 16.0 Å². The van der Waals surface area contributed by atoms with Gasteiger partial charge in [0.05, 0.1) is 19.2 Å². The van der Waals surface area contributed by atoms with Gasteiger partial charge in [0.2, 0.25) is 0 Å². The third-order valence-electron chi connectivity index (χ3n) is 2.16. The fourth-order valence-electron chi connectivity index (χ4n) is 1.29. The van der Waals surface area contributed by atoms with Crippen molar-refractivity contribution < 1.29 is 18.3 Å². The van der Waals surface area contributed by atoms with Crippen LogP contribution in [0, 0.1) is 10.5 Å². The van der Waals surface area contributed by atoms with Crippen molar-refractivity contribution in [2.24, 2.45) is 0 Å². The van der Waals surface area contributed by atoms with Gasteiger partial charge >= 0.3 is 5.97 Å². The van der Waals surface area contributed by atoms with E-state index in [0.717, 1.165) is 0 Å². The van der Waals surface area contributed by atoms with Gasteiger partial charge in [0, 0.05) is 15.3 Å². The second kappa shape index (κ2) is 5.51. The van der Waals surface area contributed by atoms with Crippen molar-refractivity contribution in [3.8, 4) is 0 Å². The largest absolute Gasteiger partial charge is 0.469 e. The Kier molecular flexibility index (Phi) is 4.57. The lowest BCUT2D eigenvalue weighted by Crippen LogP contribution is -2.11. The van der Waals surface area contributed by atoms with E-state index in [1.54, 1.807) is 6.92 Å². The van der Waals surface area contributed by atoms with Crippen LogP contribution in [0.25, 0.3) is 0 Å². The zero-order valence-corrected chi connectivity index (χ0v) is 10.9. The zero-order chi connectivity index (χ0) is 12.3. The minimum Gasteiger partial charge on any atom is -0.469 e. The minimum absolute atomic E-state index is 0.0831. The highest BCUT2D eigenvalue weighted by atomic mass is 127. The van der Waals surface area contributed by atoms with Crippen LogP contribution >= 0.6 is 22.6 Å². The maximum absolute atomic E-state index is 12.8. The second-order valence-electron chi connectivity index (χ2n) is 3.15. The maximum atomic E-state index is 12.8. The summed E-state index contributed by atoms with van der Waals surface area (Å²) in [5, 5.41) is 0. The predicted octanol–water partition coefficient (Wildman–Crippen LogP) is 2.65. The molecule has 0 atom stereocenters. The van der Waals surface area contributed by atoms with E-state index in [4.69, 9.17) is 0 Å². The summed E-state index contributed by atoms with van der Waals surface area (Å²) >= 11 is 1.93. The number of aromatic nitrogens is 1. The molecule has 3 nitrogen and oxygen atoms in total. The smallest absolute Gasteiger partial charge is 0.311 e. The number of carbonyl (C=O) groups is 1. The first-order chi connectivity index (χ1) is 7.47. The van der Waals surface area contributed by atoms with E-state index in [1.807, 2.05) is 22.6 Å². The summed E-state index contributed by atoms with van der Waals surface area (Å²) in [5.41, 5.74) is 0.376. The summed E-state index contributed by atoms with van der Waals surface area (Å²) < 4.78 is 30.7. The fourth-order valence-corrected chi connectivity index (χ4v) is 1.72. The van der Waals surface area contributed by atoms with E-state index in [9.17, 15) is 13.6 Å². The summed E-state index contributed by atoms with van der Waals surface area (Å²) in [6, 6.07) is 0. The summed E-state index contributed by atoms with van der Waals surface area (Å²) in [4.78, 5) is 14.9. The number of hydrogen-bond acceptors (Lipinski definition) is 3. The quantitative estimate of drug-likeness (QED) is 0.627. The first-order valence-corrected chi connectivity index (χ1v) is 5.54. The average molecular weight is 341 g/mol. The Hall–Kier alpha value is -0.790. The molecule has 0 spiro atoms. The number of pyridine rings is 1. The van der Waals surface area contributed by atoms with Crippen LogP contribution < -0.4 is 0 Å². The monoisotopic (exact) mass is 341 g/mol. The van der Waals surface area contributed by atoms with Crippen LogP contribution in [0.3, 0.4) is 0 Å². The van der Waals surface area contributed by atoms with Gasteiger partial charge in [0.1, 0.15) is 0 Å². The molecule has 0 fully saturated rings. The number of methoxy groups -OCH3 is 1. The number of esters is 1. The molecule has 6 heteroatoms. The average Bonchev–Trinajstić information content (AvgIpc) is 2.23. The van der Waals surface area contributed by atoms with Crippen molar-refractivity contribution in [3.05, 3.63) is 26.6 Å². The van der Waals surface area contributed by atoms with Gasteiger partial charge < -0.3 is 4.74 Å². The Morgan fingerprint density at radius 3 is 2.75 bits per heavy atom. The third-order valence-corrected chi connectivity index (χ3v) is 3.25. The van der Waals surface area contributed by atoms with Crippen molar-refractivity contribution in [1.82, 2.24) is 4.98 Å². The van der Waals surface area contributed by atoms with Crippen molar-refractivity contribution in [2.45, 2.75) is 19.8 Å². The highest BCUT2D eigenvalue weighted by Crippen LogP contribution is 2.28. The Labute approximate surface area is 105 Å². The van der Waals surface area contributed by atoms with E-state index >= 15 is 0 Å². The number of hydrogen-bond donors (Lipinski definition) is 0. The lowest BCUT2D eigenvalue weighted by Gasteiger charge is -2.11. The lowest BCUT2D eigenvalue weighted by atomic mass is 10.1. The maximum Gasteiger partial charge on any atom is 0.311 e. The number of carbonyl (C=O) groups excluding carboxylic acids is 1. The molecule has 0 N–H and O–H groups in total. The Morgan fingerprint density at radius 1 is 1.62 bits per heavy atom. The number of rotatable bonds is 3. The molecular weight excluding hydrogens is 331 g/mol. The van der Waals surface area contributed by atoms with Gasteiger partial charge in [-0.05, 0) is 35.1 Å². The Bertz CT molecular complexity index is 410. The predicted molar refractivity (Wildman–Crippen MR) is 62.4 cm³/mol. The van der Waals surface area contributed by atoms with Gasteiger partial charge in [-0.25, -0.2) is 8.78 Å². The van der Waals surface area contributed by atoms with Crippen LogP contribution in [0.5, 0.6) is 0 Å². The van der Waals surface area contributed by atoms with E-state index in [1.165, 1.54) is 13.3 Å². The van der Waals surface area contributed by atoms with E-state index in [2.05, 4.69) is 9.72 Å². The molecule has 0 aliphatic heterocycles. The van der Waals surface area contributed by atoms with Gasteiger partial charge in [-0.2, -0.15) is 0 Å². The van der Waals surface area contributed by atoms with Crippen molar-refractivity contribution in [2.75, 3.05) is 7.11 Å². The van der Waals surface area contributed by atoms with Crippen molar-refractivity contribution in [1.29, 1.82) is 0 Å². The van der Waals surface area contributed by atoms with Crippen molar-refractivity contribution >= 4 is 28.6 Å². The standard InChI is InChI=1S/C10H10F2INO2/c1-5-6(13)4-14-7(3-8(15)16-2)9(5)10(11)12/h4,10H,3H2,1-2H3. The van der Waals surface area contributed by atoms with Crippen LogP contribution in [0.1, 0.15) is 23.2 Å². The van der Waals surface area contributed by atoms with Crippen LogP contribution in [0.15, 0.2) is 6.20 Å². The van der Waals surface area contributed by atoms with Gasteiger partial charge in [-0.3, -0.25) is 9.78 Å². The second-order valence-corrected chi connectivity index (χ2v) is 4.31. The number of ether oxygens (including phenoxy) is 1. The highest BCUT2D eigenvalue weighted by Gasteiger charge is 2.20. The van der Waals surface area contributed by atoms with Gasteiger partial charge in [0.25, 0.3) is 6.43 Å². The van der Waals surface area contributed by atoms with Gasteiger partial charge in [-0.1, -0.05) is 0 Å². The molecule has 1 rings (SSSR count). The normalized spacial score (nSPS) is 10.6. The molecule has 0 bridgehead atoms. The number of halogens is 3. The molecule has 16 heavy (non-hydrogen) atoms. The first-order valence-electron chi connectivity index (χ1n) is 4.46.